The Balaban J connectivity index is 1.52. The first-order chi connectivity index (χ1) is 16.6. The van der Waals surface area contributed by atoms with Crippen LogP contribution in [-0.4, -0.2) is 29.4 Å². The second kappa shape index (κ2) is 9.33. The Labute approximate surface area is 204 Å². The fraction of sp³-hybridized carbons (Fsp3) is 0.192. The van der Waals surface area contributed by atoms with Crippen LogP contribution in [0.25, 0.3) is 22.2 Å². The number of sulfonamides is 1. The van der Waals surface area contributed by atoms with E-state index in [9.17, 15) is 13.2 Å². The number of amides is 1. The highest BCUT2D eigenvalue weighted by Gasteiger charge is 2.24. The van der Waals surface area contributed by atoms with E-state index < -0.39 is 15.6 Å². The van der Waals surface area contributed by atoms with E-state index in [2.05, 4.69) is 21.1 Å². The number of fused-ring (bicyclic) bond motifs is 1. The van der Waals surface area contributed by atoms with E-state index in [0.717, 1.165) is 0 Å². The van der Waals surface area contributed by atoms with Gasteiger partial charge in [0.2, 0.25) is 15.9 Å². The van der Waals surface area contributed by atoms with Gasteiger partial charge >= 0.3 is 0 Å². The maximum atomic E-state index is 12.9. The number of nitrogens with zero attached hydrogens (tertiary/aromatic N) is 3. The Hall–Kier alpha value is -4.00. The number of aromatic nitrogens is 2. The monoisotopic (exact) mass is 487 g/mol. The van der Waals surface area contributed by atoms with Crippen LogP contribution in [0.1, 0.15) is 26.3 Å². The van der Waals surface area contributed by atoms with Crippen LogP contribution in [0.15, 0.2) is 78.0 Å². The molecule has 0 unspecified atom stereocenters. The molecule has 8 nitrogen and oxygen atoms in total. The quantitative estimate of drug-likeness (QED) is 0.421. The summed E-state index contributed by atoms with van der Waals surface area (Å²) in [5, 5.41) is 12.0. The van der Waals surface area contributed by atoms with Crippen molar-refractivity contribution in [1.82, 2.24) is 14.3 Å². The first-order valence-electron chi connectivity index (χ1n) is 10.9. The molecule has 1 aromatic heterocycles. The van der Waals surface area contributed by atoms with Crippen LogP contribution in [0.3, 0.4) is 0 Å². The first kappa shape index (κ1) is 24.1. The summed E-state index contributed by atoms with van der Waals surface area (Å²) >= 11 is 0. The molecule has 9 heteroatoms. The Morgan fingerprint density at radius 3 is 2.46 bits per heavy atom. The third-order valence-electron chi connectivity index (χ3n) is 5.16. The predicted molar refractivity (Wildman–Crippen MR) is 135 cm³/mol. The van der Waals surface area contributed by atoms with Crippen molar-refractivity contribution >= 4 is 32.7 Å². The number of anilines is 1. The molecule has 4 aromatic rings. The number of nitriles is 1. The van der Waals surface area contributed by atoms with Gasteiger partial charge in [0, 0.05) is 16.8 Å². The Morgan fingerprint density at radius 2 is 1.77 bits per heavy atom. The number of benzene rings is 3. The maximum Gasteiger partial charge on any atom is 0.244 e. The zero-order valence-corrected chi connectivity index (χ0v) is 20.4. The maximum absolute atomic E-state index is 12.9. The van der Waals surface area contributed by atoms with Crippen molar-refractivity contribution in [2.24, 2.45) is 0 Å². The molecular weight excluding hydrogens is 462 g/mol. The summed E-state index contributed by atoms with van der Waals surface area (Å²) < 4.78 is 30.3. The first-order valence-corrected chi connectivity index (χ1v) is 12.4. The molecule has 0 saturated carbocycles. The number of carbonyl (C=O) groups is 1. The summed E-state index contributed by atoms with van der Waals surface area (Å²) in [6.07, 6.45) is 1.57. The lowest BCUT2D eigenvalue weighted by Crippen LogP contribution is -2.40. The lowest BCUT2D eigenvalue weighted by molar-refractivity contribution is -0.116. The summed E-state index contributed by atoms with van der Waals surface area (Å²) in [4.78, 5) is 17.1. The molecule has 3 aromatic carbocycles. The number of nitrogens with one attached hydrogen (secondary N) is 2. The van der Waals surface area contributed by atoms with Gasteiger partial charge in [0.15, 0.2) is 0 Å². The van der Waals surface area contributed by atoms with Crippen molar-refractivity contribution in [3.05, 3.63) is 78.6 Å². The fourth-order valence-corrected chi connectivity index (χ4v) is 5.39. The van der Waals surface area contributed by atoms with E-state index in [0.29, 0.717) is 33.4 Å². The van der Waals surface area contributed by atoms with Crippen LogP contribution in [0.5, 0.6) is 0 Å². The van der Waals surface area contributed by atoms with Gasteiger partial charge < -0.3 is 9.88 Å². The van der Waals surface area contributed by atoms with Crippen molar-refractivity contribution in [2.75, 3.05) is 5.32 Å². The topological polar surface area (TPSA) is 117 Å². The Bertz CT molecular complexity index is 1540. The third kappa shape index (κ3) is 5.57. The number of carbonyl (C=O) groups excluding carboxylic acids is 1. The smallest absolute Gasteiger partial charge is 0.244 e. The number of hydrogen-bond acceptors (Lipinski definition) is 5. The summed E-state index contributed by atoms with van der Waals surface area (Å²) in [6, 6.07) is 21.0. The van der Waals surface area contributed by atoms with Crippen molar-refractivity contribution in [3.8, 4) is 17.2 Å². The van der Waals surface area contributed by atoms with Crippen LogP contribution in [0.2, 0.25) is 0 Å². The minimum atomic E-state index is -3.73. The molecule has 4 rings (SSSR count). The molecule has 0 fully saturated rings. The van der Waals surface area contributed by atoms with Gasteiger partial charge in [0.25, 0.3) is 0 Å². The lowest BCUT2D eigenvalue weighted by atomic mass is 10.1. The number of rotatable bonds is 6. The molecule has 2 N–H and O–H groups in total. The van der Waals surface area contributed by atoms with Crippen LogP contribution in [0, 0.1) is 11.3 Å². The zero-order chi connectivity index (χ0) is 25.2. The molecule has 1 amide bonds. The normalized spacial score (nSPS) is 11.8. The molecular formula is C26H25N5O3S. The summed E-state index contributed by atoms with van der Waals surface area (Å²) in [6.45, 7) is 5.41. The van der Waals surface area contributed by atoms with Gasteiger partial charge in [0.05, 0.1) is 33.9 Å². The van der Waals surface area contributed by atoms with E-state index in [1.54, 1.807) is 98.4 Å². The minimum Gasteiger partial charge on any atom is -0.325 e. The molecule has 0 radical (unpaired) electrons. The van der Waals surface area contributed by atoms with E-state index in [1.165, 1.54) is 0 Å². The summed E-state index contributed by atoms with van der Waals surface area (Å²) in [5.74, 6) is -0.253. The molecule has 0 aliphatic carbocycles. The SMILES string of the molecule is CC(C)(C)NS(=O)(=O)c1ccccc1-c1ccc(NC(=O)Cn2cnc3ccc(C#N)cc32)cc1. The van der Waals surface area contributed by atoms with Gasteiger partial charge in [-0.05, 0) is 62.7 Å². The molecule has 0 spiro atoms. The van der Waals surface area contributed by atoms with E-state index in [-0.39, 0.29) is 17.3 Å². The molecule has 35 heavy (non-hydrogen) atoms. The molecule has 178 valence electrons. The molecule has 0 bridgehead atoms. The predicted octanol–water partition coefficient (Wildman–Crippen LogP) is 4.29. The summed E-state index contributed by atoms with van der Waals surface area (Å²) in [7, 11) is -3.73. The Kier molecular flexibility index (Phi) is 6.43. The van der Waals surface area contributed by atoms with Crippen LogP contribution in [-0.2, 0) is 21.4 Å². The molecule has 0 atom stereocenters. The van der Waals surface area contributed by atoms with Gasteiger partial charge in [-0.3, -0.25) is 4.79 Å². The van der Waals surface area contributed by atoms with Crippen molar-refractivity contribution in [1.29, 1.82) is 5.26 Å². The van der Waals surface area contributed by atoms with Crippen LogP contribution < -0.4 is 10.0 Å². The largest absolute Gasteiger partial charge is 0.325 e. The average molecular weight is 488 g/mol. The molecule has 0 saturated heterocycles. The second-order valence-corrected chi connectivity index (χ2v) is 10.8. The standard InChI is InChI=1S/C26H25N5O3S/c1-26(2,3)30-35(33,34)24-7-5-4-6-21(24)19-9-11-20(12-10-19)29-25(32)16-31-17-28-22-13-8-18(15-27)14-23(22)31/h4-14,17,30H,16H2,1-3H3,(H,29,32). The minimum absolute atomic E-state index is 0.0344. The van der Waals surface area contributed by atoms with Crippen LogP contribution in [0.4, 0.5) is 5.69 Å². The van der Waals surface area contributed by atoms with Crippen LogP contribution >= 0.6 is 0 Å². The van der Waals surface area contributed by atoms with Gasteiger partial charge in [-0.25, -0.2) is 18.1 Å². The zero-order valence-electron chi connectivity index (χ0n) is 19.6. The van der Waals surface area contributed by atoms with Gasteiger partial charge in [-0.1, -0.05) is 30.3 Å². The summed E-state index contributed by atoms with van der Waals surface area (Å²) in [5.41, 5.74) is 3.15. The number of hydrogen-bond donors (Lipinski definition) is 2. The fourth-order valence-electron chi connectivity index (χ4n) is 3.74. The highest BCUT2D eigenvalue weighted by atomic mass is 32.2. The lowest BCUT2D eigenvalue weighted by Gasteiger charge is -2.21. The molecule has 0 aliphatic heterocycles. The molecule has 0 aliphatic rings. The highest BCUT2D eigenvalue weighted by Crippen LogP contribution is 2.29. The Morgan fingerprint density at radius 1 is 1.06 bits per heavy atom. The second-order valence-electron chi connectivity index (χ2n) is 9.16. The third-order valence-corrected chi connectivity index (χ3v) is 6.98. The van der Waals surface area contributed by atoms with E-state index in [1.807, 2.05) is 0 Å². The average Bonchev–Trinajstić information content (AvgIpc) is 3.19. The van der Waals surface area contributed by atoms with Gasteiger partial charge in [-0.15, -0.1) is 0 Å². The van der Waals surface area contributed by atoms with Crippen molar-refractivity contribution in [3.63, 3.8) is 0 Å². The van der Waals surface area contributed by atoms with Crippen molar-refractivity contribution in [2.45, 2.75) is 37.8 Å². The highest BCUT2D eigenvalue weighted by molar-refractivity contribution is 7.89. The van der Waals surface area contributed by atoms with Crippen molar-refractivity contribution < 1.29 is 13.2 Å². The number of imidazole rings is 1. The van der Waals surface area contributed by atoms with E-state index in [4.69, 9.17) is 5.26 Å². The van der Waals surface area contributed by atoms with Gasteiger partial charge in [-0.2, -0.15) is 5.26 Å². The van der Waals surface area contributed by atoms with Gasteiger partial charge in [0.1, 0.15) is 6.54 Å². The van der Waals surface area contributed by atoms with E-state index >= 15 is 0 Å². The molecule has 1 heterocycles.